The van der Waals surface area contributed by atoms with Crippen LogP contribution in [0.5, 0.6) is 0 Å². The van der Waals surface area contributed by atoms with Crippen molar-refractivity contribution in [3.05, 3.63) is 12.2 Å². The van der Waals surface area contributed by atoms with Crippen molar-refractivity contribution in [3.63, 3.8) is 0 Å². The molecular weight excluding hydrogens is 268 g/mol. The Morgan fingerprint density at radius 3 is 1.60 bits per heavy atom. The molecule has 0 aromatic rings. The van der Waals surface area contributed by atoms with Crippen LogP contribution in [0.1, 0.15) is 96.8 Å². The van der Waals surface area contributed by atoms with Gasteiger partial charge in [0.25, 0.3) is 0 Å². The first-order chi connectivity index (χ1) is 9.91. The Morgan fingerprint density at radius 2 is 1.10 bits per heavy atom. The molecule has 0 aromatic carbocycles. The van der Waals surface area contributed by atoms with Gasteiger partial charge in [0.15, 0.2) is 0 Å². The largest absolute Gasteiger partial charge is 0.279 e. The average molecular weight is 303 g/mol. The summed E-state index contributed by atoms with van der Waals surface area (Å²) in [5.41, 5.74) is 0. The lowest BCUT2D eigenvalue weighted by Crippen LogP contribution is -1.85. The molecule has 0 saturated carbocycles. The fourth-order valence-corrected chi connectivity index (χ4v) is 2.51. The fourth-order valence-electron chi connectivity index (χ4n) is 2.40. The normalized spacial score (nSPS) is 11.5. The van der Waals surface area contributed by atoms with Gasteiger partial charge in [-0.05, 0) is 32.1 Å². The lowest BCUT2D eigenvalue weighted by atomic mass is 10.1. The molecule has 1 nitrogen and oxygen atoms in total. The molecule has 0 heterocycles. The predicted molar refractivity (Wildman–Crippen MR) is 91.3 cm³/mol. The SMILES string of the molecule is CCCCCCCC/C=C\CCCCCCCCOCl. The topological polar surface area (TPSA) is 9.23 Å². The zero-order valence-electron chi connectivity index (χ0n) is 13.5. The Balaban J connectivity index is 3.01. The molecule has 0 aliphatic rings. The standard InChI is InChI=1S/C18H35ClO/c1-2-3-4-5-6-7-8-9-10-11-12-13-14-15-16-17-18-20-19/h9-10H,2-8,11-18H2,1H3/b10-9-. The molecule has 0 saturated heterocycles. The molecule has 0 amide bonds. The van der Waals surface area contributed by atoms with Crippen molar-refractivity contribution in [2.45, 2.75) is 96.8 Å². The zero-order valence-corrected chi connectivity index (χ0v) is 14.3. The number of rotatable bonds is 16. The summed E-state index contributed by atoms with van der Waals surface area (Å²) >= 11 is 5.16. The molecule has 20 heavy (non-hydrogen) atoms. The molecule has 0 spiro atoms. The van der Waals surface area contributed by atoms with Crippen molar-refractivity contribution in [1.29, 1.82) is 0 Å². The summed E-state index contributed by atoms with van der Waals surface area (Å²) in [5.74, 6) is 0. The second kappa shape index (κ2) is 19.0. The van der Waals surface area contributed by atoms with Crippen LogP contribution < -0.4 is 0 Å². The Labute approximate surface area is 132 Å². The molecule has 0 unspecified atom stereocenters. The van der Waals surface area contributed by atoms with E-state index in [-0.39, 0.29) is 0 Å². The molecule has 0 radical (unpaired) electrons. The minimum absolute atomic E-state index is 0.697. The third kappa shape index (κ3) is 18.0. The zero-order chi connectivity index (χ0) is 14.7. The number of halogens is 1. The van der Waals surface area contributed by atoms with E-state index in [1.807, 2.05) is 0 Å². The van der Waals surface area contributed by atoms with Crippen LogP contribution in [0, 0.1) is 0 Å². The molecule has 0 aromatic heterocycles. The van der Waals surface area contributed by atoms with Crippen molar-refractivity contribution in [2.75, 3.05) is 6.61 Å². The maximum Gasteiger partial charge on any atom is 0.0682 e. The van der Waals surface area contributed by atoms with Crippen LogP contribution in [0.15, 0.2) is 12.2 Å². The number of allylic oxidation sites excluding steroid dienone is 2. The summed E-state index contributed by atoms with van der Waals surface area (Å²) in [5, 5.41) is 0. The Morgan fingerprint density at radius 1 is 0.650 bits per heavy atom. The number of hydrogen-bond donors (Lipinski definition) is 0. The second-order valence-corrected chi connectivity index (χ2v) is 5.97. The van der Waals surface area contributed by atoms with Crippen molar-refractivity contribution in [2.24, 2.45) is 0 Å². The Hall–Kier alpha value is -0.0100. The maximum absolute atomic E-state index is 5.16. The first kappa shape index (κ1) is 20.0. The molecule has 0 aliphatic carbocycles. The van der Waals surface area contributed by atoms with Gasteiger partial charge in [-0.1, -0.05) is 76.9 Å². The van der Waals surface area contributed by atoms with E-state index in [2.05, 4.69) is 23.4 Å². The van der Waals surface area contributed by atoms with Gasteiger partial charge in [0.05, 0.1) is 18.5 Å². The van der Waals surface area contributed by atoms with E-state index in [4.69, 9.17) is 11.9 Å². The Bertz CT molecular complexity index is 192. The van der Waals surface area contributed by atoms with Gasteiger partial charge in [-0.2, -0.15) is 0 Å². The van der Waals surface area contributed by atoms with Crippen LogP contribution in [0.2, 0.25) is 0 Å². The molecule has 2 heteroatoms. The van der Waals surface area contributed by atoms with E-state index in [1.165, 1.54) is 83.5 Å². The van der Waals surface area contributed by atoms with E-state index < -0.39 is 0 Å². The molecule has 0 rings (SSSR count). The predicted octanol–water partition coefficient (Wildman–Crippen LogP) is 7.19. The van der Waals surface area contributed by atoms with Crippen LogP contribution in [0.25, 0.3) is 0 Å². The van der Waals surface area contributed by atoms with E-state index in [0.29, 0.717) is 6.61 Å². The molecule has 0 N–H and O–H groups in total. The molecular formula is C18H35ClO. The summed E-state index contributed by atoms with van der Waals surface area (Å²) in [4.78, 5) is 0. The first-order valence-electron chi connectivity index (χ1n) is 8.80. The van der Waals surface area contributed by atoms with Gasteiger partial charge < -0.3 is 0 Å². The van der Waals surface area contributed by atoms with Crippen LogP contribution in [-0.2, 0) is 4.29 Å². The van der Waals surface area contributed by atoms with Gasteiger partial charge in [-0.25, -0.2) is 0 Å². The minimum atomic E-state index is 0.697. The molecule has 0 fully saturated rings. The molecule has 0 atom stereocenters. The van der Waals surface area contributed by atoms with Crippen molar-refractivity contribution in [1.82, 2.24) is 0 Å². The van der Waals surface area contributed by atoms with Crippen LogP contribution in [-0.4, -0.2) is 6.61 Å². The number of unbranched alkanes of at least 4 members (excludes halogenated alkanes) is 12. The lowest BCUT2D eigenvalue weighted by molar-refractivity contribution is 0.335. The highest BCUT2D eigenvalue weighted by molar-refractivity contribution is 6.07. The van der Waals surface area contributed by atoms with E-state index in [9.17, 15) is 0 Å². The third-order valence-corrected chi connectivity index (χ3v) is 3.89. The molecule has 0 bridgehead atoms. The van der Waals surface area contributed by atoms with E-state index in [0.717, 1.165) is 6.42 Å². The van der Waals surface area contributed by atoms with Gasteiger partial charge in [-0.3, -0.25) is 4.29 Å². The quantitative estimate of drug-likeness (QED) is 0.216. The highest BCUT2D eigenvalue weighted by atomic mass is 35.5. The molecule has 0 aliphatic heterocycles. The lowest BCUT2D eigenvalue weighted by Gasteiger charge is -1.99. The summed E-state index contributed by atoms with van der Waals surface area (Å²) < 4.78 is 4.52. The fraction of sp³-hybridized carbons (Fsp3) is 0.889. The van der Waals surface area contributed by atoms with Crippen LogP contribution >= 0.6 is 11.9 Å². The molecule has 120 valence electrons. The van der Waals surface area contributed by atoms with Gasteiger partial charge in [0, 0.05) is 0 Å². The minimum Gasteiger partial charge on any atom is -0.279 e. The average Bonchev–Trinajstić information content (AvgIpc) is 2.47. The maximum atomic E-state index is 5.16. The smallest absolute Gasteiger partial charge is 0.0682 e. The van der Waals surface area contributed by atoms with Crippen molar-refractivity contribution in [3.8, 4) is 0 Å². The second-order valence-electron chi connectivity index (χ2n) is 5.75. The Kier molecular flexibility index (Phi) is 19.0. The highest BCUT2D eigenvalue weighted by Gasteiger charge is 1.91. The highest BCUT2D eigenvalue weighted by Crippen LogP contribution is 2.09. The van der Waals surface area contributed by atoms with Gasteiger partial charge >= 0.3 is 0 Å². The summed E-state index contributed by atoms with van der Waals surface area (Å²) in [6.07, 6.45) is 23.5. The summed E-state index contributed by atoms with van der Waals surface area (Å²) in [7, 11) is 0. The summed E-state index contributed by atoms with van der Waals surface area (Å²) in [6, 6.07) is 0. The van der Waals surface area contributed by atoms with Crippen LogP contribution in [0.3, 0.4) is 0 Å². The van der Waals surface area contributed by atoms with Crippen molar-refractivity contribution < 1.29 is 4.29 Å². The van der Waals surface area contributed by atoms with Crippen LogP contribution in [0.4, 0.5) is 0 Å². The van der Waals surface area contributed by atoms with Gasteiger partial charge in [0.1, 0.15) is 0 Å². The van der Waals surface area contributed by atoms with Gasteiger partial charge in [0.2, 0.25) is 0 Å². The van der Waals surface area contributed by atoms with E-state index in [1.54, 1.807) is 0 Å². The van der Waals surface area contributed by atoms with E-state index >= 15 is 0 Å². The number of hydrogen-bond acceptors (Lipinski definition) is 1. The third-order valence-electron chi connectivity index (χ3n) is 3.73. The summed E-state index contributed by atoms with van der Waals surface area (Å²) in [6.45, 7) is 2.97. The van der Waals surface area contributed by atoms with Gasteiger partial charge in [-0.15, -0.1) is 0 Å². The van der Waals surface area contributed by atoms with Crippen molar-refractivity contribution >= 4 is 11.9 Å². The monoisotopic (exact) mass is 302 g/mol. The first-order valence-corrected chi connectivity index (χ1v) is 9.11.